The molecule has 0 fully saturated rings. The zero-order valence-electron chi connectivity index (χ0n) is 13.2. The first-order valence-corrected chi connectivity index (χ1v) is 8.14. The molecular formula is C16H18N4O2S. The molecule has 0 bridgehead atoms. The van der Waals surface area contributed by atoms with E-state index >= 15 is 0 Å². The average molecular weight is 330 g/mol. The largest absolute Gasteiger partial charge is 0.355 e. The van der Waals surface area contributed by atoms with Crippen molar-refractivity contribution in [2.75, 3.05) is 18.1 Å². The van der Waals surface area contributed by atoms with Crippen molar-refractivity contribution in [3.63, 3.8) is 0 Å². The smallest absolute Gasteiger partial charge is 0.274 e. The maximum Gasteiger partial charge on any atom is 0.274 e. The van der Waals surface area contributed by atoms with Gasteiger partial charge in [-0.2, -0.15) is 0 Å². The van der Waals surface area contributed by atoms with Crippen LogP contribution in [0.3, 0.4) is 0 Å². The summed E-state index contributed by atoms with van der Waals surface area (Å²) < 4.78 is 0. The zero-order valence-corrected chi connectivity index (χ0v) is 14.0. The van der Waals surface area contributed by atoms with Crippen LogP contribution in [-0.2, 0) is 0 Å². The SMILES string of the molecule is CCSc1nc(C)cc(C(=O)Nc2ccc(C(=O)NC)cc2)n1. The minimum absolute atomic E-state index is 0.171. The van der Waals surface area contributed by atoms with Crippen molar-refractivity contribution < 1.29 is 9.59 Å². The van der Waals surface area contributed by atoms with E-state index in [2.05, 4.69) is 20.6 Å². The van der Waals surface area contributed by atoms with E-state index in [1.54, 1.807) is 37.4 Å². The van der Waals surface area contributed by atoms with Gasteiger partial charge in [0.1, 0.15) is 5.69 Å². The second-order valence-corrected chi connectivity index (χ2v) is 5.95. The van der Waals surface area contributed by atoms with Gasteiger partial charge in [0.05, 0.1) is 0 Å². The van der Waals surface area contributed by atoms with Crippen molar-refractivity contribution in [3.8, 4) is 0 Å². The van der Waals surface area contributed by atoms with Crippen molar-refractivity contribution in [2.24, 2.45) is 0 Å². The van der Waals surface area contributed by atoms with Crippen molar-refractivity contribution in [3.05, 3.63) is 47.3 Å². The number of aromatic nitrogens is 2. The molecule has 0 radical (unpaired) electrons. The Balaban J connectivity index is 2.14. The molecule has 0 aliphatic heterocycles. The Morgan fingerprint density at radius 2 is 1.83 bits per heavy atom. The van der Waals surface area contributed by atoms with Crippen molar-refractivity contribution >= 4 is 29.3 Å². The van der Waals surface area contributed by atoms with Crippen LogP contribution in [0, 0.1) is 6.92 Å². The summed E-state index contributed by atoms with van der Waals surface area (Å²) in [6.45, 7) is 3.83. The van der Waals surface area contributed by atoms with Gasteiger partial charge < -0.3 is 10.6 Å². The highest BCUT2D eigenvalue weighted by Crippen LogP contribution is 2.15. The van der Waals surface area contributed by atoms with Crippen LogP contribution < -0.4 is 10.6 Å². The molecule has 2 N–H and O–H groups in total. The first-order valence-electron chi connectivity index (χ1n) is 7.15. The molecule has 0 saturated heterocycles. The molecular weight excluding hydrogens is 312 g/mol. The molecule has 6 nitrogen and oxygen atoms in total. The lowest BCUT2D eigenvalue weighted by Crippen LogP contribution is -2.18. The third-order valence-electron chi connectivity index (χ3n) is 2.97. The molecule has 0 spiro atoms. The number of benzene rings is 1. The van der Waals surface area contributed by atoms with Crippen LogP contribution in [0.4, 0.5) is 5.69 Å². The lowest BCUT2D eigenvalue weighted by atomic mass is 10.2. The second kappa shape index (κ2) is 7.73. The Kier molecular flexibility index (Phi) is 5.70. The molecule has 0 saturated carbocycles. The van der Waals surface area contributed by atoms with Gasteiger partial charge in [-0.25, -0.2) is 9.97 Å². The minimum Gasteiger partial charge on any atom is -0.355 e. The fraction of sp³-hybridized carbons (Fsp3) is 0.250. The van der Waals surface area contributed by atoms with Gasteiger partial charge in [0, 0.05) is 24.0 Å². The molecule has 120 valence electrons. The number of carbonyl (C=O) groups excluding carboxylic acids is 2. The quantitative estimate of drug-likeness (QED) is 0.650. The first kappa shape index (κ1) is 17.0. The van der Waals surface area contributed by atoms with Gasteiger partial charge in [0.15, 0.2) is 5.16 Å². The van der Waals surface area contributed by atoms with E-state index in [4.69, 9.17) is 0 Å². The minimum atomic E-state index is -0.304. The number of thioether (sulfide) groups is 1. The Morgan fingerprint density at radius 1 is 1.13 bits per heavy atom. The monoisotopic (exact) mass is 330 g/mol. The number of nitrogens with zero attached hydrogens (tertiary/aromatic N) is 2. The number of amides is 2. The topological polar surface area (TPSA) is 84.0 Å². The van der Waals surface area contributed by atoms with Crippen LogP contribution in [0.25, 0.3) is 0 Å². The lowest BCUT2D eigenvalue weighted by Gasteiger charge is -2.07. The normalized spacial score (nSPS) is 10.2. The molecule has 0 aliphatic rings. The number of aryl methyl sites for hydroxylation is 1. The van der Waals surface area contributed by atoms with Gasteiger partial charge in [0.2, 0.25) is 0 Å². The average Bonchev–Trinajstić information content (AvgIpc) is 2.54. The summed E-state index contributed by atoms with van der Waals surface area (Å²) in [7, 11) is 1.57. The van der Waals surface area contributed by atoms with Gasteiger partial charge in [-0.3, -0.25) is 9.59 Å². The molecule has 23 heavy (non-hydrogen) atoms. The predicted molar refractivity (Wildman–Crippen MR) is 91.0 cm³/mol. The molecule has 0 unspecified atom stereocenters. The molecule has 2 aromatic rings. The third-order valence-corrected chi connectivity index (χ3v) is 3.70. The highest BCUT2D eigenvalue weighted by molar-refractivity contribution is 7.99. The highest BCUT2D eigenvalue weighted by atomic mass is 32.2. The van der Waals surface area contributed by atoms with Crippen LogP contribution in [0.2, 0.25) is 0 Å². The Hall–Kier alpha value is -2.41. The number of hydrogen-bond acceptors (Lipinski definition) is 5. The van der Waals surface area contributed by atoms with E-state index in [1.807, 2.05) is 13.8 Å². The summed E-state index contributed by atoms with van der Waals surface area (Å²) in [5, 5.41) is 5.91. The zero-order chi connectivity index (χ0) is 16.8. The summed E-state index contributed by atoms with van der Waals surface area (Å²) in [5.74, 6) is 0.363. The fourth-order valence-electron chi connectivity index (χ4n) is 1.90. The van der Waals surface area contributed by atoms with Gasteiger partial charge in [-0.1, -0.05) is 18.7 Å². The van der Waals surface area contributed by atoms with E-state index in [0.29, 0.717) is 22.1 Å². The second-order valence-electron chi connectivity index (χ2n) is 4.72. The Bertz CT molecular complexity index is 717. The summed E-state index contributed by atoms with van der Waals surface area (Å²) >= 11 is 1.49. The molecule has 1 heterocycles. The number of hydrogen-bond donors (Lipinski definition) is 2. The van der Waals surface area contributed by atoms with Crippen molar-refractivity contribution in [2.45, 2.75) is 19.0 Å². The maximum absolute atomic E-state index is 12.3. The number of nitrogens with one attached hydrogen (secondary N) is 2. The van der Waals surface area contributed by atoms with Gasteiger partial charge >= 0.3 is 0 Å². The summed E-state index contributed by atoms with van der Waals surface area (Å²) in [4.78, 5) is 32.3. The summed E-state index contributed by atoms with van der Waals surface area (Å²) in [6, 6.07) is 8.31. The number of rotatable bonds is 5. The summed E-state index contributed by atoms with van der Waals surface area (Å²) in [6.07, 6.45) is 0. The van der Waals surface area contributed by atoms with E-state index in [0.717, 1.165) is 11.4 Å². The predicted octanol–water partition coefficient (Wildman–Crippen LogP) is 2.51. The lowest BCUT2D eigenvalue weighted by molar-refractivity contribution is 0.0962. The number of anilines is 1. The molecule has 0 atom stereocenters. The van der Waals surface area contributed by atoms with Crippen LogP contribution in [-0.4, -0.2) is 34.6 Å². The molecule has 7 heteroatoms. The molecule has 0 aliphatic carbocycles. The fourth-order valence-corrected chi connectivity index (χ4v) is 2.53. The highest BCUT2D eigenvalue weighted by Gasteiger charge is 2.11. The van der Waals surface area contributed by atoms with Crippen LogP contribution in [0.5, 0.6) is 0 Å². The van der Waals surface area contributed by atoms with Gasteiger partial charge in [-0.05, 0) is 43.0 Å². The maximum atomic E-state index is 12.3. The van der Waals surface area contributed by atoms with Gasteiger partial charge in [0.25, 0.3) is 11.8 Å². The Labute approximate surface area is 139 Å². The van der Waals surface area contributed by atoms with Crippen LogP contribution in [0.15, 0.2) is 35.5 Å². The van der Waals surface area contributed by atoms with E-state index in [9.17, 15) is 9.59 Å². The molecule has 2 rings (SSSR count). The van der Waals surface area contributed by atoms with E-state index < -0.39 is 0 Å². The first-order chi connectivity index (χ1) is 11.0. The molecule has 1 aromatic carbocycles. The Morgan fingerprint density at radius 3 is 2.43 bits per heavy atom. The van der Waals surface area contributed by atoms with Crippen molar-refractivity contribution in [1.29, 1.82) is 0 Å². The van der Waals surface area contributed by atoms with E-state index in [1.165, 1.54) is 11.8 Å². The van der Waals surface area contributed by atoms with Crippen molar-refractivity contribution in [1.82, 2.24) is 15.3 Å². The van der Waals surface area contributed by atoms with Crippen LogP contribution >= 0.6 is 11.8 Å². The molecule has 2 amide bonds. The summed E-state index contributed by atoms with van der Waals surface area (Å²) in [5.41, 5.74) is 2.20. The third kappa shape index (κ3) is 4.53. The molecule has 1 aromatic heterocycles. The standard InChI is InChI=1S/C16H18N4O2S/c1-4-23-16-18-10(2)9-13(20-16)15(22)19-12-7-5-11(6-8-12)14(21)17-3/h5-9H,4H2,1-3H3,(H,17,21)(H,19,22). The van der Waals surface area contributed by atoms with Gasteiger partial charge in [-0.15, -0.1) is 0 Å². The van der Waals surface area contributed by atoms with Crippen LogP contribution in [0.1, 0.15) is 33.5 Å². The number of carbonyl (C=O) groups is 2. The van der Waals surface area contributed by atoms with E-state index in [-0.39, 0.29) is 11.8 Å².